The molecule has 0 radical (unpaired) electrons. The van der Waals surface area contributed by atoms with E-state index in [2.05, 4.69) is 80.7 Å². The molecular formula is C25H27BrN2O. The first-order valence-electron chi connectivity index (χ1n) is 10.3. The molecule has 0 amide bonds. The van der Waals surface area contributed by atoms with E-state index >= 15 is 0 Å². The van der Waals surface area contributed by atoms with E-state index in [1.165, 1.54) is 16.7 Å². The number of nitrogens with zero attached hydrogens (tertiary/aromatic N) is 1. The van der Waals surface area contributed by atoms with Crippen LogP contribution in [0.15, 0.2) is 83.3 Å². The highest BCUT2D eigenvalue weighted by atomic mass is 79.9. The van der Waals surface area contributed by atoms with Gasteiger partial charge >= 0.3 is 0 Å². The number of ether oxygens (including phenoxy) is 1. The molecule has 1 fully saturated rings. The topological polar surface area (TPSA) is 24.5 Å². The molecule has 4 heteroatoms. The van der Waals surface area contributed by atoms with Crippen LogP contribution in [0.2, 0.25) is 0 Å². The van der Waals surface area contributed by atoms with Crippen molar-refractivity contribution in [1.29, 1.82) is 0 Å². The fourth-order valence-corrected chi connectivity index (χ4v) is 4.43. The zero-order valence-corrected chi connectivity index (χ0v) is 18.1. The number of rotatable bonds is 6. The van der Waals surface area contributed by atoms with E-state index in [0.29, 0.717) is 6.61 Å². The number of nitrogens with one attached hydrogen (secondary N) is 1. The summed E-state index contributed by atoms with van der Waals surface area (Å²) >= 11 is 3.79. The summed E-state index contributed by atoms with van der Waals surface area (Å²) in [5.41, 5.74) is 3.75. The zero-order valence-electron chi connectivity index (χ0n) is 16.6. The third kappa shape index (κ3) is 5.27. The molecule has 1 N–H and O–H groups in total. The molecule has 0 aliphatic carbocycles. The Morgan fingerprint density at radius 3 is 2.59 bits per heavy atom. The van der Waals surface area contributed by atoms with E-state index < -0.39 is 0 Å². The molecule has 0 saturated carbocycles. The maximum absolute atomic E-state index is 6.12. The van der Waals surface area contributed by atoms with Crippen molar-refractivity contribution in [3.63, 3.8) is 0 Å². The average Bonchev–Trinajstić information content (AvgIpc) is 3.04. The van der Waals surface area contributed by atoms with Gasteiger partial charge in [0.2, 0.25) is 0 Å². The molecule has 1 unspecified atom stereocenters. The van der Waals surface area contributed by atoms with Crippen LogP contribution in [-0.4, -0.2) is 31.1 Å². The van der Waals surface area contributed by atoms with Gasteiger partial charge in [0.1, 0.15) is 12.4 Å². The Bertz CT molecular complexity index is 907. The van der Waals surface area contributed by atoms with Crippen molar-refractivity contribution in [3.8, 4) is 5.75 Å². The monoisotopic (exact) mass is 450 g/mol. The van der Waals surface area contributed by atoms with E-state index in [1.807, 2.05) is 24.3 Å². The van der Waals surface area contributed by atoms with E-state index in [-0.39, 0.29) is 6.04 Å². The van der Waals surface area contributed by atoms with Crippen LogP contribution in [0.4, 0.5) is 0 Å². The Morgan fingerprint density at radius 2 is 1.72 bits per heavy atom. The molecule has 0 spiro atoms. The number of hydrogen-bond donors (Lipinski definition) is 1. The van der Waals surface area contributed by atoms with Crippen LogP contribution in [0, 0.1) is 0 Å². The van der Waals surface area contributed by atoms with Crippen LogP contribution in [0.25, 0.3) is 0 Å². The fourth-order valence-electron chi connectivity index (χ4n) is 3.92. The minimum absolute atomic E-state index is 0.200. The Kier molecular flexibility index (Phi) is 6.99. The lowest BCUT2D eigenvalue weighted by Gasteiger charge is -2.32. The van der Waals surface area contributed by atoms with Gasteiger partial charge in [-0.2, -0.15) is 0 Å². The molecule has 3 aromatic carbocycles. The molecule has 29 heavy (non-hydrogen) atoms. The lowest BCUT2D eigenvalue weighted by Crippen LogP contribution is -2.33. The number of hydrogen-bond acceptors (Lipinski definition) is 3. The van der Waals surface area contributed by atoms with Gasteiger partial charge in [-0.25, -0.2) is 0 Å². The summed E-state index contributed by atoms with van der Waals surface area (Å²) in [6.07, 6.45) is 1.16. The van der Waals surface area contributed by atoms with Crippen molar-refractivity contribution >= 4 is 15.9 Å². The van der Waals surface area contributed by atoms with Crippen LogP contribution in [0.5, 0.6) is 5.75 Å². The summed E-state index contributed by atoms with van der Waals surface area (Å²) in [6, 6.07) is 27.7. The van der Waals surface area contributed by atoms with E-state index in [1.54, 1.807) is 0 Å². The number of halogens is 1. The van der Waals surface area contributed by atoms with Gasteiger partial charge in [0.25, 0.3) is 0 Å². The third-order valence-electron chi connectivity index (χ3n) is 5.36. The maximum Gasteiger partial charge on any atom is 0.120 e. The summed E-state index contributed by atoms with van der Waals surface area (Å²) in [5, 5.41) is 3.52. The van der Waals surface area contributed by atoms with Gasteiger partial charge in [0, 0.05) is 24.1 Å². The highest BCUT2D eigenvalue weighted by Gasteiger charge is 2.25. The van der Waals surface area contributed by atoms with Crippen molar-refractivity contribution in [2.45, 2.75) is 19.1 Å². The average molecular weight is 451 g/mol. The standard InChI is InChI=1S/C25H27BrN2O/c26-24-13-5-4-12-23(24)25(28-16-7-14-27-15-17-28)21-10-6-11-22(18-21)29-19-20-8-2-1-3-9-20/h1-6,8-13,18,25,27H,7,14-17,19H2. The first kappa shape index (κ1) is 20.1. The van der Waals surface area contributed by atoms with E-state index in [0.717, 1.165) is 42.8 Å². The van der Waals surface area contributed by atoms with Crippen LogP contribution in [0.1, 0.15) is 29.2 Å². The second-order valence-corrected chi connectivity index (χ2v) is 8.26. The van der Waals surface area contributed by atoms with Gasteiger partial charge in [-0.05, 0) is 47.9 Å². The predicted octanol–water partition coefficient (Wildman–Crippen LogP) is 5.41. The van der Waals surface area contributed by atoms with Crippen LogP contribution >= 0.6 is 15.9 Å². The summed E-state index contributed by atoms with van der Waals surface area (Å²) < 4.78 is 7.27. The summed E-state index contributed by atoms with van der Waals surface area (Å²) in [7, 11) is 0. The Hall–Kier alpha value is -2.14. The minimum atomic E-state index is 0.200. The summed E-state index contributed by atoms with van der Waals surface area (Å²) in [6.45, 7) is 4.79. The lowest BCUT2D eigenvalue weighted by atomic mass is 9.96. The maximum atomic E-state index is 6.12. The quantitative estimate of drug-likeness (QED) is 0.542. The Morgan fingerprint density at radius 1 is 0.897 bits per heavy atom. The van der Waals surface area contributed by atoms with Crippen LogP contribution < -0.4 is 10.1 Å². The highest BCUT2D eigenvalue weighted by Crippen LogP contribution is 2.35. The predicted molar refractivity (Wildman–Crippen MR) is 122 cm³/mol. The van der Waals surface area contributed by atoms with Crippen LogP contribution in [0.3, 0.4) is 0 Å². The molecule has 3 nitrogen and oxygen atoms in total. The molecule has 150 valence electrons. The normalized spacial score (nSPS) is 16.2. The van der Waals surface area contributed by atoms with Gasteiger partial charge in [0.15, 0.2) is 0 Å². The smallest absolute Gasteiger partial charge is 0.120 e. The molecule has 3 aromatic rings. The minimum Gasteiger partial charge on any atom is -0.489 e. The molecule has 1 atom stereocenters. The van der Waals surface area contributed by atoms with E-state index in [4.69, 9.17) is 4.74 Å². The molecular weight excluding hydrogens is 424 g/mol. The van der Waals surface area contributed by atoms with Gasteiger partial charge in [-0.15, -0.1) is 0 Å². The molecule has 0 bridgehead atoms. The fraction of sp³-hybridized carbons (Fsp3) is 0.280. The van der Waals surface area contributed by atoms with Crippen molar-refractivity contribution in [2.75, 3.05) is 26.2 Å². The van der Waals surface area contributed by atoms with Gasteiger partial charge in [-0.3, -0.25) is 4.90 Å². The van der Waals surface area contributed by atoms with Crippen molar-refractivity contribution in [3.05, 3.63) is 100 Å². The van der Waals surface area contributed by atoms with Gasteiger partial charge in [-0.1, -0.05) is 76.6 Å². The molecule has 1 heterocycles. The third-order valence-corrected chi connectivity index (χ3v) is 6.08. The summed E-state index contributed by atoms with van der Waals surface area (Å²) in [5.74, 6) is 0.913. The zero-order chi connectivity index (χ0) is 19.9. The molecule has 0 aromatic heterocycles. The Labute approximate surface area is 181 Å². The van der Waals surface area contributed by atoms with Crippen LogP contribution in [-0.2, 0) is 6.61 Å². The largest absolute Gasteiger partial charge is 0.489 e. The molecule has 1 saturated heterocycles. The highest BCUT2D eigenvalue weighted by molar-refractivity contribution is 9.10. The van der Waals surface area contributed by atoms with Crippen molar-refractivity contribution < 1.29 is 4.74 Å². The second kappa shape index (κ2) is 10.1. The van der Waals surface area contributed by atoms with Crippen molar-refractivity contribution in [1.82, 2.24) is 10.2 Å². The molecule has 1 aliphatic heterocycles. The van der Waals surface area contributed by atoms with Crippen molar-refractivity contribution in [2.24, 2.45) is 0 Å². The second-order valence-electron chi connectivity index (χ2n) is 7.41. The van der Waals surface area contributed by atoms with Gasteiger partial charge < -0.3 is 10.1 Å². The molecule has 4 rings (SSSR count). The summed E-state index contributed by atoms with van der Waals surface area (Å²) in [4.78, 5) is 2.58. The molecule has 1 aliphatic rings. The SMILES string of the molecule is Brc1ccccc1C(c1cccc(OCc2ccccc2)c1)N1CCCNCC1. The van der Waals surface area contributed by atoms with Gasteiger partial charge in [0.05, 0.1) is 6.04 Å². The first-order valence-corrected chi connectivity index (χ1v) is 11.1. The number of benzene rings is 3. The Balaban J connectivity index is 1.62. The lowest BCUT2D eigenvalue weighted by molar-refractivity contribution is 0.239. The van der Waals surface area contributed by atoms with E-state index in [9.17, 15) is 0 Å². The first-order chi connectivity index (χ1) is 14.3.